The van der Waals surface area contributed by atoms with Gasteiger partial charge in [-0.3, -0.25) is 0 Å². The number of benzene rings is 1. The van der Waals surface area contributed by atoms with E-state index < -0.39 is 0 Å². The van der Waals surface area contributed by atoms with Crippen molar-refractivity contribution in [2.45, 2.75) is 18.8 Å². The Bertz CT molecular complexity index is 493. The fourth-order valence-electron chi connectivity index (χ4n) is 2.05. The fraction of sp³-hybridized carbons (Fsp3) is 0.333. The van der Waals surface area contributed by atoms with E-state index in [1.807, 2.05) is 30.3 Å². The Labute approximate surface area is 112 Å². The minimum atomic E-state index is -0.264. The van der Waals surface area contributed by atoms with E-state index in [4.69, 9.17) is 4.74 Å². The van der Waals surface area contributed by atoms with Gasteiger partial charge in [0.2, 0.25) is 0 Å². The van der Waals surface area contributed by atoms with E-state index in [1.54, 1.807) is 18.4 Å². The van der Waals surface area contributed by atoms with Crippen LogP contribution in [0.2, 0.25) is 0 Å². The first-order valence-corrected chi connectivity index (χ1v) is 6.84. The SMILES string of the molecule is COc1cccc(C(C)(CO)Cc2cccs2)c1. The Kier molecular flexibility index (Phi) is 4.04. The van der Waals surface area contributed by atoms with Gasteiger partial charge in [-0.05, 0) is 35.6 Å². The second-order valence-corrected chi connectivity index (χ2v) is 5.74. The molecule has 0 aliphatic heterocycles. The molecule has 1 aromatic heterocycles. The van der Waals surface area contributed by atoms with Crippen LogP contribution in [0.3, 0.4) is 0 Å². The quantitative estimate of drug-likeness (QED) is 0.896. The van der Waals surface area contributed by atoms with Crippen LogP contribution in [0.5, 0.6) is 5.75 Å². The minimum Gasteiger partial charge on any atom is -0.497 e. The molecule has 0 spiro atoms. The molecule has 2 rings (SSSR count). The maximum Gasteiger partial charge on any atom is 0.119 e. The van der Waals surface area contributed by atoms with Crippen LogP contribution in [-0.4, -0.2) is 18.8 Å². The molecule has 0 aliphatic rings. The highest BCUT2D eigenvalue weighted by atomic mass is 32.1. The summed E-state index contributed by atoms with van der Waals surface area (Å²) in [5.41, 5.74) is 0.845. The lowest BCUT2D eigenvalue weighted by Gasteiger charge is -2.27. The molecule has 0 fully saturated rings. The summed E-state index contributed by atoms with van der Waals surface area (Å²) in [6, 6.07) is 12.1. The molecule has 0 aliphatic carbocycles. The van der Waals surface area contributed by atoms with Gasteiger partial charge in [-0.15, -0.1) is 11.3 Å². The highest BCUT2D eigenvalue weighted by Crippen LogP contribution is 2.31. The second-order valence-electron chi connectivity index (χ2n) is 4.71. The van der Waals surface area contributed by atoms with Gasteiger partial charge in [0.25, 0.3) is 0 Å². The lowest BCUT2D eigenvalue weighted by atomic mass is 9.80. The maximum absolute atomic E-state index is 9.76. The zero-order valence-electron chi connectivity index (χ0n) is 10.7. The summed E-state index contributed by atoms with van der Waals surface area (Å²) < 4.78 is 5.25. The zero-order chi connectivity index (χ0) is 13.0. The van der Waals surface area contributed by atoms with Crippen LogP contribution in [0.15, 0.2) is 41.8 Å². The summed E-state index contributed by atoms with van der Waals surface area (Å²) in [5.74, 6) is 0.832. The van der Waals surface area contributed by atoms with Crippen molar-refractivity contribution in [3.63, 3.8) is 0 Å². The van der Waals surface area contributed by atoms with Crippen molar-refractivity contribution in [3.8, 4) is 5.75 Å². The van der Waals surface area contributed by atoms with E-state index in [2.05, 4.69) is 18.4 Å². The Hall–Kier alpha value is -1.32. The number of hydrogen-bond acceptors (Lipinski definition) is 3. The summed E-state index contributed by atoms with van der Waals surface area (Å²) >= 11 is 1.73. The second kappa shape index (κ2) is 5.55. The molecule has 1 atom stereocenters. The molecule has 0 saturated heterocycles. The largest absolute Gasteiger partial charge is 0.497 e. The minimum absolute atomic E-state index is 0.123. The first-order chi connectivity index (χ1) is 8.68. The van der Waals surface area contributed by atoms with Gasteiger partial charge >= 0.3 is 0 Å². The fourth-order valence-corrected chi connectivity index (χ4v) is 2.94. The average molecular weight is 262 g/mol. The maximum atomic E-state index is 9.76. The normalized spacial score (nSPS) is 14.2. The molecular weight excluding hydrogens is 244 g/mol. The van der Waals surface area contributed by atoms with Crippen LogP contribution in [0.1, 0.15) is 17.4 Å². The van der Waals surface area contributed by atoms with Gasteiger partial charge < -0.3 is 9.84 Å². The van der Waals surface area contributed by atoms with Crippen LogP contribution in [0, 0.1) is 0 Å². The summed E-state index contributed by atoms with van der Waals surface area (Å²) in [6.45, 7) is 2.21. The summed E-state index contributed by atoms with van der Waals surface area (Å²) in [4.78, 5) is 1.29. The molecule has 0 saturated carbocycles. The molecule has 18 heavy (non-hydrogen) atoms. The van der Waals surface area contributed by atoms with Gasteiger partial charge in [-0.2, -0.15) is 0 Å². The molecule has 0 bridgehead atoms. The van der Waals surface area contributed by atoms with E-state index in [1.165, 1.54) is 4.88 Å². The monoisotopic (exact) mass is 262 g/mol. The molecule has 0 amide bonds. The third-order valence-corrected chi connectivity index (χ3v) is 4.14. The molecule has 1 aromatic carbocycles. The number of thiophene rings is 1. The Morgan fingerprint density at radius 3 is 2.72 bits per heavy atom. The van der Waals surface area contributed by atoms with Crippen LogP contribution in [-0.2, 0) is 11.8 Å². The Morgan fingerprint density at radius 2 is 2.11 bits per heavy atom. The van der Waals surface area contributed by atoms with Crippen molar-refractivity contribution in [2.24, 2.45) is 0 Å². The lowest BCUT2D eigenvalue weighted by molar-refractivity contribution is 0.205. The number of hydrogen-bond donors (Lipinski definition) is 1. The first-order valence-electron chi connectivity index (χ1n) is 5.96. The molecule has 3 heteroatoms. The number of methoxy groups -OCH3 is 1. The highest BCUT2D eigenvalue weighted by molar-refractivity contribution is 7.09. The van der Waals surface area contributed by atoms with Crippen LogP contribution >= 0.6 is 11.3 Å². The van der Waals surface area contributed by atoms with E-state index >= 15 is 0 Å². The molecule has 0 radical (unpaired) electrons. The number of ether oxygens (including phenoxy) is 1. The van der Waals surface area contributed by atoms with Gasteiger partial charge in [0.1, 0.15) is 5.75 Å². The molecule has 96 valence electrons. The van der Waals surface area contributed by atoms with Crippen molar-refractivity contribution in [3.05, 3.63) is 52.2 Å². The number of aliphatic hydroxyl groups excluding tert-OH is 1. The molecule has 2 aromatic rings. The lowest BCUT2D eigenvalue weighted by Crippen LogP contribution is -2.29. The predicted molar refractivity (Wildman–Crippen MR) is 75.5 cm³/mol. The summed E-state index contributed by atoms with van der Waals surface area (Å²) in [6.07, 6.45) is 0.842. The van der Waals surface area contributed by atoms with Crippen LogP contribution in [0.25, 0.3) is 0 Å². The van der Waals surface area contributed by atoms with Crippen molar-refractivity contribution in [1.82, 2.24) is 0 Å². The number of rotatable bonds is 5. The summed E-state index contributed by atoms with van der Waals surface area (Å²) in [7, 11) is 1.66. The van der Waals surface area contributed by atoms with Crippen molar-refractivity contribution < 1.29 is 9.84 Å². The van der Waals surface area contributed by atoms with E-state index in [9.17, 15) is 5.11 Å². The van der Waals surface area contributed by atoms with Crippen LogP contribution < -0.4 is 4.74 Å². The average Bonchev–Trinajstić information content (AvgIpc) is 2.91. The van der Waals surface area contributed by atoms with Crippen LogP contribution in [0.4, 0.5) is 0 Å². The third-order valence-electron chi connectivity index (χ3n) is 3.26. The highest BCUT2D eigenvalue weighted by Gasteiger charge is 2.27. The van der Waals surface area contributed by atoms with E-state index in [-0.39, 0.29) is 12.0 Å². The van der Waals surface area contributed by atoms with Crippen molar-refractivity contribution in [2.75, 3.05) is 13.7 Å². The van der Waals surface area contributed by atoms with E-state index in [0.717, 1.165) is 17.7 Å². The Morgan fingerprint density at radius 1 is 1.28 bits per heavy atom. The molecule has 1 unspecified atom stereocenters. The molecular formula is C15H18O2S. The van der Waals surface area contributed by atoms with Gasteiger partial charge in [0.05, 0.1) is 13.7 Å². The molecule has 2 nitrogen and oxygen atoms in total. The van der Waals surface area contributed by atoms with Crippen molar-refractivity contribution in [1.29, 1.82) is 0 Å². The first kappa shape index (κ1) is 13.1. The van der Waals surface area contributed by atoms with Gasteiger partial charge in [0.15, 0.2) is 0 Å². The predicted octanol–water partition coefficient (Wildman–Crippen LogP) is 3.25. The Balaban J connectivity index is 2.30. The summed E-state index contributed by atoms with van der Waals surface area (Å²) in [5, 5.41) is 11.8. The van der Waals surface area contributed by atoms with Gasteiger partial charge in [-0.1, -0.05) is 25.1 Å². The van der Waals surface area contributed by atoms with Crippen molar-refractivity contribution >= 4 is 11.3 Å². The topological polar surface area (TPSA) is 29.5 Å². The zero-order valence-corrected chi connectivity index (χ0v) is 11.5. The molecule has 1 heterocycles. The van der Waals surface area contributed by atoms with Gasteiger partial charge in [-0.25, -0.2) is 0 Å². The third kappa shape index (κ3) is 2.74. The standard InChI is InChI=1S/C15H18O2S/c1-15(11-16,10-14-7-4-8-18-14)12-5-3-6-13(9-12)17-2/h3-9,16H,10-11H2,1-2H3. The van der Waals surface area contributed by atoms with E-state index in [0.29, 0.717) is 0 Å². The van der Waals surface area contributed by atoms with Gasteiger partial charge in [0, 0.05) is 10.3 Å². The molecule has 1 N–H and O–H groups in total. The smallest absolute Gasteiger partial charge is 0.119 e. The number of aliphatic hydroxyl groups is 1.